The standard InChI is InChI=1S/C12H16O3/c1-11(2,3)12(8-13)7-5-4-6-9(12)10(14)15/h4-9H,1-3H3,(H,14,15). The zero-order chi connectivity index (χ0) is 11.7. The molecule has 0 aromatic heterocycles. The number of carboxylic acids is 1. The largest absolute Gasteiger partial charge is 0.481 e. The highest BCUT2D eigenvalue weighted by atomic mass is 16.4. The van der Waals surface area contributed by atoms with E-state index in [0.717, 1.165) is 6.29 Å². The van der Waals surface area contributed by atoms with E-state index >= 15 is 0 Å². The molecule has 0 bridgehead atoms. The summed E-state index contributed by atoms with van der Waals surface area (Å²) in [7, 11) is 0. The van der Waals surface area contributed by atoms with Gasteiger partial charge in [0, 0.05) is 0 Å². The fraction of sp³-hybridized carbons (Fsp3) is 0.500. The Morgan fingerprint density at radius 3 is 2.33 bits per heavy atom. The van der Waals surface area contributed by atoms with E-state index in [-0.39, 0.29) is 0 Å². The van der Waals surface area contributed by atoms with Crippen LogP contribution in [0.4, 0.5) is 0 Å². The van der Waals surface area contributed by atoms with Crippen LogP contribution in [-0.2, 0) is 9.59 Å². The van der Waals surface area contributed by atoms with Crippen LogP contribution in [0, 0.1) is 16.7 Å². The Morgan fingerprint density at radius 2 is 2.00 bits per heavy atom. The Morgan fingerprint density at radius 1 is 1.40 bits per heavy atom. The Bertz CT molecular complexity index is 333. The van der Waals surface area contributed by atoms with Crippen molar-refractivity contribution in [1.29, 1.82) is 0 Å². The molecule has 1 N–H and O–H groups in total. The summed E-state index contributed by atoms with van der Waals surface area (Å²) in [5.74, 6) is -1.74. The minimum absolute atomic E-state index is 0.418. The fourth-order valence-electron chi connectivity index (χ4n) is 1.95. The molecule has 0 spiro atoms. The van der Waals surface area contributed by atoms with Gasteiger partial charge in [0.05, 0.1) is 11.3 Å². The Balaban J connectivity index is 3.28. The SMILES string of the molecule is CC(C)(C)C1(C=O)C=CC=CC1C(=O)O. The zero-order valence-electron chi connectivity index (χ0n) is 9.23. The predicted molar refractivity (Wildman–Crippen MR) is 57.4 cm³/mol. The number of carboxylic acid groups (broad SMARTS) is 1. The molecule has 1 rings (SSSR count). The second kappa shape index (κ2) is 3.65. The molecule has 3 nitrogen and oxygen atoms in total. The predicted octanol–water partition coefficient (Wildman–Crippen LogP) is 2.04. The number of hydrogen-bond donors (Lipinski definition) is 1. The van der Waals surface area contributed by atoms with Gasteiger partial charge in [-0.25, -0.2) is 0 Å². The number of allylic oxidation sites excluding steroid dienone is 3. The normalized spacial score (nSPS) is 30.2. The van der Waals surface area contributed by atoms with Gasteiger partial charge < -0.3 is 9.90 Å². The van der Waals surface area contributed by atoms with Crippen molar-refractivity contribution in [2.24, 2.45) is 16.7 Å². The molecule has 1 aliphatic carbocycles. The molecule has 3 heteroatoms. The lowest BCUT2D eigenvalue weighted by molar-refractivity contribution is -0.148. The molecule has 0 radical (unpaired) electrons. The average molecular weight is 208 g/mol. The van der Waals surface area contributed by atoms with Crippen LogP contribution in [0.5, 0.6) is 0 Å². The summed E-state index contributed by atoms with van der Waals surface area (Å²) < 4.78 is 0. The zero-order valence-corrected chi connectivity index (χ0v) is 9.23. The summed E-state index contributed by atoms with van der Waals surface area (Å²) in [5, 5.41) is 9.12. The van der Waals surface area contributed by atoms with Gasteiger partial charge in [-0.15, -0.1) is 0 Å². The van der Waals surface area contributed by atoms with Crippen LogP contribution in [-0.4, -0.2) is 17.4 Å². The van der Waals surface area contributed by atoms with Crippen molar-refractivity contribution in [2.45, 2.75) is 20.8 Å². The van der Waals surface area contributed by atoms with Gasteiger partial charge in [0.2, 0.25) is 0 Å². The first-order chi connectivity index (χ1) is 6.85. The van der Waals surface area contributed by atoms with Crippen LogP contribution in [0.2, 0.25) is 0 Å². The molecular formula is C12H16O3. The maximum atomic E-state index is 11.3. The van der Waals surface area contributed by atoms with E-state index in [1.807, 2.05) is 20.8 Å². The number of aliphatic carboxylic acids is 1. The minimum atomic E-state index is -0.961. The lowest BCUT2D eigenvalue weighted by Crippen LogP contribution is -2.45. The first-order valence-corrected chi connectivity index (χ1v) is 4.90. The summed E-state index contributed by atoms with van der Waals surface area (Å²) in [4.78, 5) is 22.4. The minimum Gasteiger partial charge on any atom is -0.481 e. The van der Waals surface area contributed by atoms with E-state index in [2.05, 4.69) is 0 Å². The summed E-state index contributed by atoms with van der Waals surface area (Å²) in [6.45, 7) is 5.63. The third-order valence-corrected chi connectivity index (χ3v) is 3.06. The molecule has 0 amide bonds. The van der Waals surface area contributed by atoms with Crippen molar-refractivity contribution >= 4 is 12.3 Å². The third kappa shape index (κ3) is 1.74. The second-order valence-corrected chi connectivity index (χ2v) is 4.86. The van der Waals surface area contributed by atoms with Crippen molar-refractivity contribution < 1.29 is 14.7 Å². The summed E-state index contributed by atoms with van der Waals surface area (Å²) in [5.41, 5.74) is -1.37. The highest BCUT2D eigenvalue weighted by Crippen LogP contribution is 2.46. The van der Waals surface area contributed by atoms with Crippen LogP contribution < -0.4 is 0 Å². The van der Waals surface area contributed by atoms with Gasteiger partial charge in [-0.05, 0) is 5.41 Å². The van der Waals surface area contributed by atoms with Crippen LogP contribution in [0.1, 0.15) is 20.8 Å². The van der Waals surface area contributed by atoms with Gasteiger partial charge >= 0.3 is 5.97 Å². The number of aldehydes is 1. The number of hydrogen-bond acceptors (Lipinski definition) is 2. The smallest absolute Gasteiger partial charge is 0.311 e. The summed E-state index contributed by atoms with van der Waals surface area (Å²) in [6, 6.07) is 0. The van der Waals surface area contributed by atoms with Crippen LogP contribution in [0.25, 0.3) is 0 Å². The highest BCUT2D eigenvalue weighted by molar-refractivity contribution is 5.82. The third-order valence-electron chi connectivity index (χ3n) is 3.06. The molecule has 15 heavy (non-hydrogen) atoms. The van der Waals surface area contributed by atoms with Gasteiger partial charge in [0.1, 0.15) is 6.29 Å². The molecular weight excluding hydrogens is 192 g/mol. The molecule has 0 heterocycles. The molecule has 0 aliphatic heterocycles. The van der Waals surface area contributed by atoms with Crippen molar-refractivity contribution in [1.82, 2.24) is 0 Å². The first kappa shape index (κ1) is 11.7. The molecule has 2 unspecified atom stereocenters. The summed E-state index contributed by atoms with van der Waals surface area (Å²) >= 11 is 0. The van der Waals surface area contributed by atoms with Crippen LogP contribution in [0.15, 0.2) is 24.3 Å². The quantitative estimate of drug-likeness (QED) is 0.706. The average Bonchev–Trinajstić information content (AvgIpc) is 2.15. The molecule has 0 saturated carbocycles. The molecule has 0 aromatic rings. The van der Waals surface area contributed by atoms with E-state index in [0.29, 0.717) is 0 Å². The Hall–Kier alpha value is -1.38. The molecule has 0 fully saturated rings. The maximum Gasteiger partial charge on any atom is 0.311 e. The van der Waals surface area contributed by atoms with Gasteiger partial charge in [-0.2, -0.15) is 0 Å². The first-order valence-electron chi connectivity index (χ1n) is 4.90. The molecule has 82 valence electrons. The number of carbonyl (C=O) groups excluding carboxylic acids is 1. The Labute approximate surface area is 89.5 Å². The molecule has 0 saturated heterocycles. The topological polar surface area (TPSA) is 54.4 Å². The van der Waals surface area contributed by atoms with Gasteiger partial charge in [-0.3, -0.25) is 4.79 Å². The maximum absolute atomic E-state index is 11.3. The van der Waals surface area contributed by atoms with Crippen LogP contribution >= 0.6 is 0 Å². The fourth-order valence-corrected chi connectivity index (χ4v) is 1.95. The lowest BCUT2D eigenvalue weighted by Gasteiger charge is -2.42. The molecule has 0 aromatic carbocycles. The van der Waals surface area contributed by atoms with Crippen molar-refractivity contribution in [2.75, 3.05) is 0 Å². The number of carbonyl (C=O) groups is 2. The van der Waals surface area contributed by atoms with Gasteiger partial charge in [-0.1, -0.05) is 45.1 Å². The van der Waals surface area contributed by atoms with E-state index in [9.17, 15) is 9.59 Å². The summed E-state index contributed by atoms with van der Waals surface area (Å²) in [6.07, 6.45) is 7.43. The van der Waals surface area contributed by atoms with E-state index in [4.69, 9.17) is 5.11 Å². The van der Waals surface area contributed by atoms with Crippen molar-refractivity contribution in [3.8, 4) is 0 Å². The van der Waals surface area contributed by atoms with Crippen LogP contribution in [0.3, 0.4) is 0 Å². The van der Waals surface area contributed by atoms with Gasteiger partial charge in [0.25, 0.3) is 0 Å². The van der Waals surface area contributed by atoms with Gasteiger partial charge in [0.15, 0.2) is 0 Å². The van der Waals surface area contributed by atoms with E-state index in [1.165, 1.54) is 0 Å². The highest BCUT2D eigenvalue weighted by Gasteiger charge is 2.49. The van der Waals surface area contributed by atoms with E-state index < -0.39 is 22.7 Å². The van der Waals surface area contributed by atoms with E-state index in [1.54, 1.807) is 24.3 Å². The molecule has 1 aliphatic rings. The molecule has 2 atom stereocenters. The second-order valence-electron chi connectivity index (χ2n) is 4.86. The monoisotopic (exact) mass is 208 g/mol. The van der Waals surface area contributed by atoms with Crippen molar-refractivity contribution in [3.63, 3.8) is 0 Å². The lowest BCUT2D eigenvalue weighted by atomic mass is 9.59. The Kier molecular flexibility index (Phi) is 2.84. The van der Waals surface area contributed by atoms with Crippen molar-refractivity contribution in [3.05, 3.63) is 24.3 Å². The number of rotatable bonds is 2.